The van der Waals surface area contributed by atoms with E-state index >= 15 is 0 Å². The van der Waals surface area contributed by atoms with Gasteiger partial charge in [-0.3, -0.25) is 4.79 Å². The van der Waals surface area contributed by atoms with Crippen molar-refractivity contribution in [2.24, 2.45) is 22.7 Å². The van der Waals surface area contributed by atoms with Gasteiger partial charge in [-0.25, -0.2) is 0 Å². The molecule has 0 radical (unpaired) electrons. The van der Waals surface area contributed by atoms with Crippen molar-refractivity contribution in [3.05, 3.63) is 11.1 Å². The van der Waals surface area contributed by atoms with E-state index in [1.165, 1.54) is 42.6 Å². The van der Waals surface area contributed by atoms with E-state index in [0.717, 1.165) is 6.54 Å². The molecule has 0 aromatic heterocycles. The highest BCUT2D eigenvalue weighted by molar-refractivity contribution is 5.76. The Labute approximate surface area is 127 Å². The number of carbonyl (C=O) groups is 1. The summed E-state index contributed by atoms with van der Waals surface area (Å²) in [5.74, 6) is 0.605. The number of hydrogen-bond acceptors (Lipinski definition) is 2. The SMILES string of the molecule is CC1=C2[C@H]3OC(=O)[C@@H](C[NH+](C)C)[C@@H]3CC[C@@]3(C)C[C@@]23CC1. The van der Waals surface area contributed by atoms with Crippen LogP contribution in [0.15, 0.2) is 11.1 Å². The van der Waals surface area contributed by atoms with E-state index in [2.05, 4.69) is 27.9 Å². The average Bonchev–Trinajstić information content (AvgIpc) is 2.71. The van der Waals surface area contributed by atoms with Gasteiger partial charge in [0.25, 0.3) is 0 Å². The van der Waals surface area contributed by atoms with Gasteiger partial charge in [0.2, 0.25) is 0 Å². The standard InChI is InChI=1S/C18H27NO2/c1-11-5-8-18-10-17(18,2)7-6-12-13(9-19(3)4)16(20)21-15(12)14(11)18/h12-13,15H,5-10H2,1-4H3/p+1/t12-,13-,15-,17-,18-/m0/s1. The normalized spacial score (nSPS) is 47.9. The van der Waals surface area contributed by atoms with E-state index in [1.807, 2.05) is 0 Å². The molecule has 0 amide bonds. The van der Waals surface area contributed by atoms with Crippen molar-refractivity contribution in [3.8, 4) is 0 Å². The second-order valence-corrected chi connectivity index (χ2v) is 8.59. The fraction of sp³-hybridized carbons (Fsp3) is 0.833. The zero-order valence-corrected chi connectivity index (χ0v) is 13.8. The lowest BCUT2D eigenvalue weighted by atomic mass is 9.81. The molecule has 0 aromatic rings. The van der Waals surface area contributed by atoms with Crippen molar-refractivity contribution in [1.82, 2.24) is 0 Å². The smallest absolute Gasteiger partial charge is 0.315 e. The molecule has 0 bridgehead atoms. The Morgan fingerprint density at radius 1 is 1.33 bits per heavy atom. The molecular weight excluding hydrogens is 262 g/mol. The van der Waals surface area contributed by atoms with Crippen LogP contribution in [0, 0.1) is 22.7 Å². The second kappa shape index (κ2) is 4.13. The van der Waals surface area contributed by atoms with E-state index in [0.29, 0.717) is 16.7 Å². The largest absolute Gasteiger partial charge is 0.457 e. The summed E-state index contributed by atoms with van der Waals surface area (Å²) in [7, 11) is 4.27. The van der Waals surface area contributed by atoms with E-state index in [9.17, 15) is 4.79 Å². The molecule has 3 aliphatic carbocycles. The number of esters is 1. The van der Waals surface area contributed by atoms with Crippen molar-refractivity contribution >= 4 is 5.97 Å². The van der Waals surface area contributed by atoms with Crippen LogP contribution in [0.3, 0.4) is 0 Å². The van der Waals surface area contributed by atoms with E-state index in [-0.39, 0.29) is 18.0 Å². The number of ether oxygens (including phenoxy) is 1. The number of hydrogen-bond donors (Lipinski definition) is 1. The van der Waals surface area contributed by atoms with Crippen molar-refractivity contribution in [2.45, 2.75) is 52.1 Å². The molecule has 21 heavy (non-hydrogen) atoms. The molecule has 4 rings (SSSR count). The van der Waals surface area contributed by atoms with Crippen LogP contribution < -0.4 is 4.90 Å². The molecule has 4 aliphatic rings. The number of rotatable bonds is 2. The van der Waals surface area contributed by atoms with Crippen LogP contribution in [0.4, 0.5) is 0 Å². The Bertz CT molecular complexity index is 537. The van der Waals surface area contributed by atoms with Crippen LogP contribution in [0.1, 0.15) is 46.0 Å². The van der Waals surface area contributed by atoms with Gasteiger partial charge in [-0.2, -0.15) is 0 Å². The van der Waals surface area contributed by atoms with Gasteiger partial charge in [0.1, 0.15) is 12.0 Å². The van der Waals surface area contributed by atoms with Crippen LogP contribution in [-0.2, 0) is 9.53 Å². The first-order valence-electron chi connectivity index (χ1n) is 8.58. The lowest BCUT2D eigenvalue weighted by Crippen LogP contribution is -3.06. The summed E-state index contributed by atoms with van der Waals surface area (Å²) in [6.07, 6.45) is 6.40. The number of carbonyl (C=O) groups excluding carboxylic acids is 1. The number of quaternary nitrogens is 1. The first-order chi connectivity index (χ1) is 9.88. The van der Waals surface area contributed by atoms with E-state index in [1.54, 1.807) is 5.57 Å². The highest BCUT2D eigenvalue weighted by atomic mass is 16.6. The molecule has 1 aliphatic heterocycles. The Kier molecular flexibility index (Phi) is 2.71. The minimum Gasteiger partial charge on any atom is -0.457 e. The highest BCUT2D eigenvalue weighted by Gasteiger charge is 2.71. The van der Waals surface area contributed by atoms with Gasteiger partial charge in [0.15, 0.2) is 0 Å². The van der Waals surface area contributed by atoms with E-state index < -0.39 is 0 Å². The van der Waals surface area contributed by atoms with Crippen LogP contribution in [-0.4, -0.2) is 32.7 Å². The minimum absolute atomic E-state index is 0.0674. The third-order valence-corrected chi connectivity index (χ3v) is 7.02. The quantitative estimate of drug-likeness (QED) is 0.618. The predicted molar refractivity (Wildman–Crippen MR) is 80.9 cm³/mol. The Morgan fingerprint density at radius 2 is 2.10 bits per heavy atom. The minimum atomic E-state index is 0.0674. The summed E-state index contributed by atoms with van der Waals surface area (Å²) in [5, 5.41) is 0. The van der Waals surface area contributed by atoms with Gasteiger partial charge >= 0.3 is 5.97 Å². The molecule has 5 atom stereocenters. The number of fused-ring (bicyclic) bond motifs is 2. The second-order valence-electron chi connectivity index (χ2n) is 8.59. The Hall–Kier alpha value is -0.830. The lowest BCUT2D eigenvalue weighted by molar-refractivity contribution is -0.861. The molecular formula is C18H28NO2+. The monoisotopic (exact) mass is 290 g/mol. The summed E-state index contributed by atoms with van der Waals surface area (Å²) in [6.45, 7) is 5.67. The van der Waals surface area contributed by atoms with Crippen molar-refractivity contribution < 1.29 is 14.4 Å². The first kappa shape index (κ1) is 13.8. The van der Waals surface area contributed by atoms with Gasteiger partial charge < -0.3 is 9.64 Å². The highest BCUT2D eigenvalue weighted by Crippen LogP contribution is 2.78. The Balaban J connectivity index is 1.72. The summed E-state index contributed by atoms with van der Waals surface area (Å²) >= 11 is 0. The molecule has 2 saturated carbocycles. The third kappa shape index (κ3) is 1.67. The molecule has 3 heteroatoms. The van der Waals surface area contributed by atoms with Gasteiger partial charge in [-0.15, -0.1) is 0 Å². The zero-order valence-electron chi connectivity index (χ0n) is 13.8. The van der Waals surface area contributed by atoms with Crippen LogP contribution in [0.5, 0.6) is 0 Å². The number of nitrogens with one attached hydrogen (secondary N) is 1. The van der Waals surface area contributed by atoms with Gasteiger partial charge in [0.05, 0.1) is 20.6 Å². The summed E-state index contributed by atoms with van der Waals surface area (Å²) < 4.78 is 5.97. The van der Waals surface area contributed by atoms with E-state index in [4.69, 9.17) is 4.74 Å². The molecule has 3 fully saturated rings. The van der Waals surface area contributed by atoms with Gasteiger partial charge in [-0.1, -0.05) is 12.5 Å². The fourth-order valence-corrected chi connectivity index (χ4v) is 5.82. The molecule has 0 unspecified atom stereocenters. The van der Waals surface area contributed by atoms with Crippen molar-refractivity contribution in [2.75, 3.05) is 20.6 Å². The molecule has 1 N–H and O–H groups in total. The molecule has 0 aromatic carbocycles. The molecule has 3 nitrogen and oxygen atoms in total. The van der Waals surface area contributed by atoms with Crippen LogP contribution in [0.25, 0.3) is 0 Å². The van der Waals surface area contributed by atoms with Gasteiger partial charge in [-0.05, 0) is 50.0 Å². The third-order valence-electron chi connectivity index (χ3n) is 7.02. The maximum atomic E-state index is 12.4. The maximum Gasteiger partial charge on any atom is 0.315 e. The van der Waals surface area contributed by atoms with Gasteiger partial charge in [0, 0.05) is 11.3 Å². The van der Waals surface area contributed by atoms with Crippen molar-refractivity contribution in [3.63, 3.8) is 0 Å². The number of allylic oxidation sites excluding steroid dienone is 1. The van der Waals surface area contributed by atoms with Crippen LogP contribution >= 0.6 is 0 Å². The first-order valence-corrected chi connectivity index (χ1v) is 8.58. The maximum absolute atomic E-state index is 12.4. The topological polar surface area (TPSA) is 30.7 Å². The molecule has 1 spiro atoms. The summed E-state index contributed by atoms with van der Waals surface area (Å²) in [5.41, 5.74) is 3.97. The van der Waals surface area contributed by atoms with Crippen molar-refractivity contribution in [1.29, 1.82) is 0 Å². The predicted octanol–water partition coefficient (Wildman–Crippen LogP) is 1.59. The van der Waals surface area contributed by atoms with Crippen LogP contribution in [0.2, 0.25) is 0 Å². The molecule has 1 heterocycles. The summed E-state index contributed by atoms with van der Waals surface area (Å²) in [4.78, 5) is 13.8. The molecule has 1 saturated heterocycles. The zero-order chi connectivity index (χ0) is 15.0. The summed E-state index contributed by atoms with van der Waals surface area (Å²) in [6, 6.07) is 0. The Morgan fingerprint density at radius 3 is 2.81 bits per heavy atom. The molecule has 116 valence electrons. The lowest BCUT2D eigenvalue weighted by Gasteiger charge is -2.24. The fourth-order valence-electron chi connectivity index (χ4n) is 5.82. The average molecular weight is 290 g/mol.